The molecule has 0 saturated carbocycles. The summed E-state index contributed by atoms with van der Waals surface area (Å²) in [5.41, 5.74) is 3.85. The molecule has 0 amide bonds. The summed E-state index contributed by atoms with van der Waals surface area (Å²) in [4.78, 5) is 21.4. The molecule has 250 valence electrons. The van der Waals surface area contributed by atoms with Gasteiger partial charge in [0.1, 0.15) is 0 Å². The van der Waals surface area contributed by atoms with Crippen molar-refractivity contribution >= 4 is 28.0 Å². The molecule has 0 aromatic carbocycles. The van der Waals surface area contributed by atoms with Gasteiger partial charge < -0.3 is 0 Å². The Morgan fingerprint density at radius 2 is 0.851 bits per heavy atom. The monoisotopic (exact) mass is 704 g/mol. The van der Waals surface area contributed by atoms with Crippen LogP contribution in [0.25, 0.3) is 22.8 Å². The zero-order chi connectivity index (χ0) is 34.6. The molecule has 0 N–H and O–H groups in total. The third kappa shape index (κ3) is 15.8. The van der Waals surface area contributed by atoms with Gasteiger partial charge in [-0.1, -0.05) is 104 Å². The van der Waals surface area contributed by atoms with E-state index in [1.54, 1.807) is 9.94 Å². The number of aromatic nitrogens is 4. The Balaban J connectivity index is 0.000000286. The number of rotatable bonds is 12. The van der Waals surface area contributed by atoms with Crippen LogP contribution in [0.2, 0.25) is 24.2 Å². The van der Waals surface area contributed by atoms with E-state index in [4.69, 9.17) is 10.5 Å². The Kier molecular flexibility index (Phi) is 18.7. The minimum atomic E-state index is -0.905. The van der Waals surface area contributed by atoms with Crippen LogP contribution in [0, 0.1) is 44.1 Å². The van der Waals surface area contributed by atoms with Crippen molar-refractivity contribution in [3.63, 3.8) is 0 Å². The van der Waals surface area contributed by atoms with E-state index in [2.05, 4.69) is 112 Å². The van der Waals surface area contributed by atoms with Crippen LogP contribution in [-0.2, 0) is 15.0 Å². The van der Waals surface area contributed by atoms with Crippen LogP contribution < -0.4 is 10.4 Å². The fourth-order valence-electron chi connectivity index (χ4n) is 5.66. The van der Waals surface area contributed by atoms with Gasteiger partial charge >= 0.3 is 35.4 Å². The van der Waals surface area contributed by atoms with Crippen LogP contribution in [-0.4, -0.2) is 37.5 Å². The molecule has 0 aliphatic rings. The molecule has 0 unspecified atom stereocenters. The third-order valence-electron chi connectivity index (χ3n) is 7.47. The zero-order valence-corrected chi connectivity index (χ0v) is 32.8. The van der Waals surface area contributed by atoms with Crippen LogP contribution in [0.3, 0.4) is 0 Å². The first kappa shape index (κ1) is 39.7. The van der Waals surface area contributed by atoms with Crippen LogP contribution in [0.15, 0.2) is 85.5 Å². The van der Waals surface area contributed by atoms with E-state index in [1.165, 1.54) is 34.5 Å². The summed E-state index contributed by atoms with van der Waals surface area (Å²) in [5.74, 6) is 3.10. The molecular formula is C38H52FeN6Si2. The Morgan fingerprint density at radius 1 is 0.511 bits per heavy atom. The molecule has 0 fully saturated rings. The maximum absolute atomic E-state index is 7.59. The molecule has 9 heteroatoms. The molecule has 6 nitrogen and oxygen atoms in total. The van der Waals surface area contributed by atoms with Crippen molar-refractivity contribution in [1.29, 1.82) is 10.5 Å². The number of nitrogens with zero attached hydrogens (tertiary/aromatic N) is 6. The average Bonchev–Trinajstić information content (AvgIpc) is 3.05. The van der Waals surface area contributed by atoms with Crippen molar-refractivity contribution in [2.24, 2.45) is 23.7 Å². The van der Waals surface area contributed by atoms with E-state index in [9.17, 15) is 0 Å². The minimum absolute atomic E-state index is 0. The van der Waals surface area contributed by atoms with Crippen LogP contribution in [0.5, 0.6) is 0 Å². The standard InChI is InChI=1S/2C18H26N2Si.2CN.Fe/c2*1-14(2)12-21(13-15(3)4)16-8-9-18(20-11-16)17-7-5-6-10-19-17;2*1-2;/h2*5-11,14-15,21H,12-13H2,1-4H3;;;. The summed E-state index contributed by atoms with van der Waals surface area (Å²) in [5, 5.41) is 18.2. The first-order chi connectivity index (χ1) is 22.5. The molecule has 0 bridgehead atoms. The van der Waals surface area contributed by atoms with Gasteiger partial charge in [0.05, 0.1) is 40.4 Å². The van der Waals surface area contributed by atoms with Gasteiger partial charge in [-0.15, -0.1) is 0 Å². The summed E-state index contributed by atoms with van der Waals surface area (Å²) in [7, 11) is -1.81. The van der Waals surface area contributed by atoms with Crippen molar-refractivity contribution in [3.8, 4) is 32.7 Å². The van der Waals surface area contributed by atoms with Crippen molar-refractivity contribution in [2.45, 2.75) is 79.6 Å². The first-order valence-corrected chi connectivity index (χ1v) is 22.2. The number of hydrogen-bond donors (Lipinski definition) is 0. The van der Waals surface area contributed by atoms with E-state index >= 15 is 0 Å². The molecular weight excluding hydrogens is 652 g/mol. The van der Waals surface area contributed by atoms with Crippen LogP contribution in [0.1, 0.15) is 55.4 Å². The van der Waals surface area contributed by atoms with Gasteiger partial charge in [-0.3, -0.25) is 19.9 Å². The topological polar surface area (TPSA) is 99.1 Å². The Morgan fingerprint density at radius 3 is 1.06 bits per heavy atom. The molecule has 0 aliphatic heterocycles. The predicted octanol–water partition coefficient (Wildman–Crippen LogP) is 7.81. The Hall–Kier alpha value is -3.47. The molecule has 0 radical (unpaired) electrons. The number of hydrogen-bond acceptors (Lipinski definition) is 6. The molecule has 4 rings (SSSR count). The number of pyridine rings is 4. The second-order valence-electron chi connectivity index (χ2n) is 13.5. The SMILES string of the molecule is CC(C)C[SiH](CC(C)C)c1ccc(-c2ccccn2)nc1.CC(C)C[SiH](CC(C)C)c1ccc(-c2ccccn2)nc1.N#[C][Fe][C]#N. The predicted molar refractivity (Wildman–Crippen MR) is 198 cm³/mol. The van der Waals surface area contributed by atoms with Crippen molar-refractivity contribution < 1.29 is 15.0 Å². The molecule has 4 heterocycles. The van der Waals surface area contributed by atoms with Gasteiger partial charge in [0.25, 0.3) is 0 Å². The number of nitriles is 2. The van der Waals surface area contributed by atoms with E-state index in [0.717, 1.165) is 46.4 Å². The van der Waals surface area contributed by atoms with Crippen LogP contribution >= 0.6 is 0 Å². The van der Waals surface area contributed by atoms with E-state index in [0.29, 0.717) is 0 Å². The second kappa shape index (κ2) is 22.2. The zero-order valence-electron chi connectivity index (χ0n) is 29.4. The van der Waals surface area contributed by atoms with E-state index in [-0.39, 0.29) is 15.0 Å². The molecule has 4 aromatic heterocycles. The van der Waals surface area contributed by atoms with Crippen molar-refractivity contribution in [2.75, 3.05) is 0 Å². The van der Waals surface area contributed by atoms with Gasteiger partial charge in [-0.2, -0.15) is 0 Å². The van der Waals surface area contributed by atoms with Crippen LogP contribution in [0.4, 0.5) is 0 Å². The van der Waals surface area contributed by atoms with Gasteiger partial charge in [0.2, 0.25) is 0 Å². The van der Waals surface area contributed by atoms with Crippen molar-refractivity contribution in [3.05, 3.63) is 85.5 Å². The summed E-state index contributed by atoms with van der Waals surface area (Å²) in [6.07, 6.45) is 7.84. The quantitative estimate of drug-likeness (QED) is 0.140. The van der Waals surface area contributed by atoms with Crippen molar-refractivity contribution in [1.82, 2.24) is 19.9 Å². The molecule has 47 heavy (non-hydrogen) atoms. The molecule has 0 spiro atoms. The molecule has 0 aliphatic carbocycles. The maximum atomic E-state index is 7.59. The summed E-state index contributed by atoms with van der Waals surface area (Å²) >= 11 is 0. The van der Waals surface area contributed by atoms with E-state index in [1.807, 2.05) is 48.8 Å². The van der Waals surface area contributed by atoms with Gasteiger partial charge in [0, 0.05) is 24.8 Å². The average molecular weight is 705 g/mol. The Bertz CT molecular complexity index is 1350. The van der Waals surface area contributed by atoms with Gasteiger partial charge in [-0.25, -0.2) is 0 Å². The summed E-state index contributed by atoms with van der Waals surface area (Å²) in [6, 6.07) is 26.2. The second-order valence-corrected chi connectivity index (χ2v) is 20.3. The first-order valence-electron chi connectivity index (χ1n) is 16.7. The summed E-state index contributed by atoms with van der Waals surface area (Å²) < 4.78 is 0. The summed E-state index contributed by atoms with van der Waals surface area (Å²) in [6.45, 7) is 18.6. The fraction of sp³-hybridized carbons (Fsp3) is 0.421. The molecule has 4 aromatic rings. The molecule has 0 atom stereocenters. The molecule has 0 saturated heterocycles. The van der Waals surface area contributed by atoms with E-state index < -0.39 is 17.6 Å². The Labute approximate surface area is 293 Å². The normalized spacial score (nSPS) is 10.9. The fourth-order valence-corrected chi connectivity index (χ4v) is 13.0. The third-order valence-corrected chi connectivity index (χ3v) is 16.3. The van der Waals surface area contributed by atoms with Gasteiger partial charge in [-0.05, 0) is 70.4 Å². The van der Waals surface area contributed by atoms with Gasteiger partial charge in [0.15, 0.2) is 0 Å².